The maximum absolute atomic E-state index is 12.3. The normalized spacial score (nSPS) is 11.6. The summed E-state index contributed by atoms with van der Waals surface area (Å²) in [4.78, 5) is 2.26. The number of hydrogen-bond acceptors (Lipinski definition) is 4. The van der Waals surface area contributed by atoms with Gasteiger partial charge in [-0.3, -0.25) is 0 Å². The molecular formula is C20H15Br2ClN2O3S. The average molecular weight is 559 g/mol. The van der Waals surface area contributed by atoms with Gasteiger partial charge in [-0.1, -0.05) is 55.6 Å². The Labute approximate surface area is 191 Å². The highest BCUT2D eigenvalue weighted by atomic mass is 79.9. The predicted molar refractivity (Wildman–Crippen MR) is 122 cm³/mol. The van der Waals surface area contributed by atoms with Gasteiger partial charge in [0.1, 0.15) is 12.4 Å². The molecule has 9 heteroatoms. The number of rotatable bonds is 7. The van der Waals surface area contributed by atoms with Gasteiger partial charge in [0.05, 0.1) is 11.1 Å². The van der Waals surface area contributed by atoms with E-state index in [1.807, 2.05) is 36.4 Å². The second-order valence-electron chi connectivity index (χ2n) is 5.91. The highest BCUT2D eigenvalue weighted by Crippen LogP contribution is 2.23. The van der Waals surface area contributed by atoms with Crippen molar-refractivity contribution in [2.45, 2.75) is 11.5 Å². The Morgan fingerprint density at radius 3 is 2.52 bits per heavy atom. The van der Waals surface area contributed by atoms with Crippen molar-refractivity contribution < 1.29 is 13.2 Å². The van der Waals surface area contributed by atoms with Crippen molar-refractivity contribution >= 4 is 59.7 Å². The second kappa shape index (κ2) is 9.75. The zero-order valence-corrected chi connectivity index (χ0v) is 19.6. The number of nitrogens with zero attached hydrogens (tertiary/aromatic N) is 1. The van der Waals surface area contributed by atoms with Gasteiger partial charge >= 0.3 is 0 Å². The molecule has 0 unspecified atom stereocenters. The third-order valence-electron chi connectivity index (χ3n) is 3.76. The lowest BCUT2D eigenvalue weighted by Gasteiger charge is -2.08. The minimum absolute atomic E-state index is 0.0734. The number of sulfonamides is 1. The van der Waals surface area contributed by atoms with Crippen LogP contribution in [0.1, 0.15) is 11.1 Å². The van der Waals surface area contributed by atoms with Crippen molar-refractivity contribution in [3.05, 3.63) is 91.8 Å². The minimum Gasteiger partial charge on any atom is -0.489 e. The van der Waals surface area contributed by atoms with Crippen LogP contribution in [0.4, 0.5) is 0 Å². The van der Waals surface area contributed by atoms with Crippen LogP contribution in [0.15, 0.2) is 85.7 Å². The quantitative estimate of drug-likeness (QED) is 0.296. The van der Waals surface area contributed by atoms with E-state index in [0.717, 1.165) is 14.5 Å². The first kappa shape index (κ1) is 21.8. The molecule has 3 aromatic rings. The Bertz CT molecular complexity index is 1140. The fourth-order valence-corrected chi connectivity index (χ4v) is 4.05. The minimum atomic E-state index is -3.78. The maximum atomic E-state index is 12.3. The van der Waals surface area contributed by atoms with Crippen LogP contribution < -0.4 is 9.57 Å². The monoisotopic (exact) mass is 556 g/mol. The van der Waals surface area contributed by atoms with E-state index in [9.17, 15) is 8.42 Å². The highest BCUT2D eigenvalue weighted by molar-refractivity contribution is 9.10. The van der Waals surface area contributed by atoms with Crippen LogP contribution in [0.3, 0.4) is 0 Å². The third-order valence-corrected chi connectivity index (χ3v) is 6.47. The lowest BCUT2D eigenvalue weighted by Crippen LogP contribution is -2.18. The Kier molecular flexibility index (Phi) is 7.34. The van der Waals surface area contributed by atoms with Crippen LogP contribution in [0.2, 0.25) is 5.02 Å². The topological polar surface area (TPSA) is 67.8 Å². The summed E-state index contributed by atoms with van der Waals surface area (Å²) in [6.07, 6.45) is 1.41. The molecule has 0 saturated heterocycles. The smallest absolute Gasteiger partial charge is 0.276 e. The van der Waals surface area contributed by atoms with E-state index >= 15 is 0 Å². The van der Waals surface area contributed by atoms with Crippen molar-refractivity contribution in [3.63, 3.8) is 0 Å². The Morgan fingerprint density at radius 2 is 1.79 bits per heavy atom. The molecule has 0 fully saturated rings. The zero-order valence-electron chi connectivity index (χ0n) is 14.8. The summed E-state index contributed by atoms with van der Waals surface area (Å²) in [5.74, 6) is 0.634. The third kappa shape index (κ3) is 6.30. The van der Waals surface area contributed by atoms with Gasteiger partial charge in [-0.05, 0) is 60.2 Å². The molecule has 0 aliphatic heterocycles. The molecule has 0 bridgehead atoms. The molecule has 0 saturated carbocycles. The van der Waals surface area contributed by atoms with Crippen molar-refractivity contribution in [3.8, 4) is 5.75 Å². The SMILES string of the molecule is O=S(=O)(NN=Cc1cc(OCc2cccc(Br)c2)ccc1Br)c1ccc(Cl)cc1. The number of ether oxygens (including phenoxy) is 1. The number of nitrogens with one attached hydrogen (secondary N) is 1. The molecular weight excluding hydrogens is 544 g/mol. The van der Waals surface area contributed by atoms with Crippen LogP contribution in [-0.2, 0) is 16.6 Å². The second-order valence-corrected chi connectivity index (χ2v) is 9.78. The van der Waals surface area contributed by atoms with Gasteiger partial charge in [0.15, 0.2) is 0 Å². The molecule has 5 nitrogen and oxygen atoms in total. The van der Waals surface area contributed by atoms with E-state index in [1.165, 1.54) is 30.5 Å². The molecule has 1 N–H and O–H groups in total. The van der Waals surface area contributed by atoms with Gasteiger partial charge < -0.3 is 4.74 Å². The van der Waals surface area contributed by atoms with Crippen LogP contribution >= 0.6 is 43.5 Å². The first-order chi connectivity index (χ1) is 13.8. The van der Waals surface area contributed by atoms with Gasteiger partial charge in [-0.25, -0.2) is 4.83 Å². The van der Waals surface area contributed by atoms with Crippen LogP contribution in [0.5, 0.6) is 5.75 Å². The summed E-state index contributed by atoms with van der Waals surface area (Å²) in [6.45, 7) is 0.404. The number of benzene rings is 3. The fourth-order valence-electron chi connectivity index (χ4n) is 2.34. The van der Waals surface area contributed by atoms with Crippen LogP contribution in [0, 0.1) is 0 Å². The van der Waals surface area contributed by atoms with Gasteiger partial charge in [-0.2, -0.15) is 13.5 Å². The van der Waals surface area contributed by atoms with Crippen LogP contribution in [-0.4, -0.2) is 14.6 Å². The zero-order chi connectivity index (χ0) is 20.9. The van der Waals surface area contributed by atoms with E-state index in [-0.39, 0.29) is 4.90 Å². The number of halogens is 3. The number of hydrazone groups is 1. The summed E-state index contributed by atoms with van der Waals surface area (Å²) in [6, 6.07) is 19.1. The molecule has 3 rings (SSSR count). The van der Waals surface area contributed by atoms with Gasteiger partial charge in [-0.15, -0.1) is 0 Å². The summed E-state index contributed by atoms with van der Waals surface area (Å²) < 4.78 is 32.1. The molecule has 29 heavy (non-hydrogen) atoms. The largest absolute Gasteiger partial charge is 0.489 e. The van der Waals surface area contributed by atoms with E-state index in [4.69, 9.17) is 16.3 Å². The lowest BCUT2D eigenvalue weighted by atomic mass is 10.2. The summed E-state index contributed by atoms with van der Waals surface area (Å²) >= 11 is 12.6. The molecule has 0 radical (unpaired) electrons. The van der Waals surface area contributed by atoms with Crippen molar-refractivity contribution in [2.24, 2.45) is 5.10 Å². The van der Waals surface area contributed by atoms with Crippen molar-refractivity contribution in [1.29, 1.82) is 0 Å². The molecule has 0 aromatic heterocycles. The lowest BCUT2D eigenvalue weighted by molar-refractivity contribution is 0.306. The Morgan fingerprint density at radius 1 is 1.03 bits per heavy atom. The first-order valence-electron chi connectivity index (χ1n) is 8.31. The van der Waals surface area contributed by atoms with Crippen molar-refractivity contribution in [1.82, 2.24) is 4.83 Å². The van der Waals surface area contributed by atoms with E-state index in [0.29, 0.717) is 22.9 Å². The van der Waals surface area contributed by atoms with Gasteiger partial charge in [0, 0.05) is 19.5 Å². The fraction of sp³-hybridized carbons (Fsp3) is 0.0500. The summed E-state index contributed by atoms with van der Waals surface area (Å²) in [7, 11) is -3.78. The molecule has 0 aliphatic carbocycles. The van der Waals surface area contributed by atoms with E-state index in [2.05, 4.69) is 41.8 Å². The number of hydrogen-bond donors (Lipinski definition) is 1. The molecule has 0 spiro atoms. The van der Waals surface area contributed by atoms with Gasteiger partial charge in [0.25, 0.3) is 10.0 Å². The molecule has 150 valence electrons. The standard InChI is InChI=1S/C20H15Br2ClN2O3S/c21-16-3-1-2-14(10-16)13-28-18-6-9-20(22)15(11-18)12-24-25-29(26,27)19-7-4-17(23)5-8-19/h1-12,25H,13H2. The predicted octanol–water partition coefficient (Wildman–Crippen LogP) is 5.76. The summed E-state index contributed by atoms with van der Waals surface area (Å²) in [5, 5.41) is 4.31. The van der Waals surface area contributed by atoms with E-state index in [1.54, 1.807) is 6.07 Å². The van der Waals surface area contributed by atoms with Crippen molar-refractivity contribution in [2.75, 3.05) is 0 Å². The highest BCUT2D eigenvalue weighted by Gasteiger charge is 2.12. The maximum Gasteiger partial charge on any atom is 0.276 e. The molecule has 0 aliphatic rings. The molecule has 0 amide bonds. The van der Waals surface area contributed by atoms with E-state index < -0.39 is 10.0 Å². The van der Waals surface area contributed by atoms with Crippen LogP contribution in [0.25, 0.3) is 0 Å². The molecule has 0 atom stereocenters. The average Bonchev–Trinajstić information content (AvgIpc) is 2.68. The first-order valence-corrected chi connectivity index (χ1v) is 11.8. The molecule has 0 heterocycles. The van der Waals surface area contributed by atoms with Gasteiger partial charge in [0.2, 0.25) is 0 Å². The Balaban J connectivity index is 1.68. The molecule has 3 aromatic carbocycles. The summed E-state index contributed by atoms with van der Waals surface area (Å²) in [5.41, 5.74) is 1.68. The Hall–Kier alpha value is -1.87.